The zero-order valence-electron chi connectivity index (χ0n) is 5.26. The van der Waals surface area contributed by atoms with Gasteiger partial charge in [0, 0.05) is 6.54 Å². The molecule has 0 unspecified atom stereocenters. The molecule has 0 spiro atoms. The summed E-state index contributed by atoms with van der Waals surface area (Å²) >= 11 is 5.56. The monoisotopic (exact) mass is 143 g/mol. The summed E-state index contributed by atoms with van der Waals surface area (Å²) in [5, 5.41) is 4.52. The van der Waals surface area contributed by atoms with Gasteiger partial charge < -0.3 is 0 Å². The molecule has 0 aliphatic carbocycles. The van der Waals surface area contributed by atoms with Gasteiger partial charge in [0.1, 0.15) is 6.20 Å². The molecule has 0 N–H and O–H groups in total. The maximum absolute atomic E-state index is 5.56. The molecular weight excluding hydrogens is 136 g/mol. The average molecular weight is 144 g/mol. The minimum Gasteiger partial charge on any atom is -0.262 e. The number of aryl methyl sites for hydroxylation is 1. The number of nitrogens with zero attached hydrogens (tertiary/aromatic N) is 2. The van der Waals surface area contributed by atoms with E-state index in [1.807, 2.05) is 0 Å². The molecule has 0 atom stereocenters. The highest BCUT2D eigenvalue weighted by Gasteiger charge is 1.92. The van der Waals surface area contributed by atoms with Crippen LogP contribution >= 0.6 is 11.6 Å². The topological polar surface area (TPSA) is 17.8 Å². The van der Waals surface area contributed by atoms with Crippen LogP contribution in [0.3, 0.4) is 0 Å². The molecule has 2 nitrogen and oxygen atoms in total. The number of rotatable bonds is 2. The molecule has 0 aliphatic rings. The SMILES string of the molecule is CCCn1[c]c(Cl)cn1. The summed E-state index contributed by atoms with van der Waals surface area (Å²) in [7, 11) is 0. The summed E-state index contributed by atoms with van der Waals surface area (Å²) in [5.41, 5.74) is 0. The van der Waals surface area contributed by atoms with Crippen molar-refractivity contribution in [3.05, 3.63) is 17.4 Å². The molecule has 49 valence electrons. The van der Waals surface area contributed by atoms with Gasteiger partial charge in [-0.3, -0.25) is 4.68 Å². The van der Waals surface area contributed by atoms with Crippen molar-refractivity contribution in [2.24, 2.45) is 0 Å². The lowest BCUT2D eigenvalue weighted by Gasteiger charge is -1.92. The third-order valence-electron chi connectivity index (χ3n) is 0.982. The Balaban J connectivity index is 2.61. The summed E-state index contributed by atoms with van der Waals surface area (Å²) in [6.07, 6.45) is 5.51. The molecular formula is C6H8ClN2. The third-order valence-corrected chi connectivity index (χ3v) is 1.16. The lowest BCUT2D eigenvalue weighted by Crippen LogP contribution is -1.95. The van der Waals surface area contributed by atoms with Gasteiger partial charge in [0.2, 0.25) is 0 Å². The number of halogens is 1. The van der Waals surface area contributed by atoms with Crippen LogP contribution in [-0.4, -0.2) is 9.78 Å². The Labute approximate surface area is 59.4 Å². The van der Waals surface area contributed by atoms with E-state index in [-0.39, 0.29) is 0 Å². The molecule has 1 rings (SSSR count). The predicted octanol–water partition coefficient (Wildman–Crippen LogP) is 1.75. The Bertz CT molecular complexity index is 183. The number of hydrogen-bond donors (Lipinski definition) is 0. The fourth-order valence-electron chi connectivity index (χ4n) is 0.627. The number of aromatic nitrogens is 2. The third kappa shape index (κ3) is 1.72. The molecule has 0 aliphatic heterocycles. The van der Waals surface area contributed by atoms with E-state index in [9.17, 15) is 0 Å². The van der Waals surface area contributed by atoms with E-state index >= 15 is 0 Å². The molecule has 1 aromatic heterocycles. The van der Waals surface area contributed by atoms with Gasteiger partial charge in [-0.05, 0) is 6.42 Å². The zero-order valence-corrected chi connectivity index (χ0v) is 6.02. The van der Waals surface area contributed by atoms with Gasteiger partial charge in [0.25, 0.3) is 0 Å². The first-order valence-electron chi connectivity index (χ1n) is 2.93. The lowest BCUT2D eigenvalue weighted by atomic mass is 10.5. The first-order chi connectivity index (χ1) is 4.33. The van der Waals surface area contributed by atoms with E-state index < -0.39 is 0 Å². The highest BCUT2D eigenvalue weighted by Crippen LogP contribution is 2.03. The summed E-state index contributed by atoms with van der Waals surface area (Å²) in [6.45, 7) is 2.98. The van der Waals surface area contributed by atoms with Gasteiger partial charge in [0.15, 0.2) is 0 Å². The summed E-state index contributed by atoms with van der Waals surface area (Å²) in [4.78, 5) is 0. The normalized spacial score (nSPS) is 10.0. The van der Waals surface area contributed by atoms with Crippen LogP contribution in [0.4, 0.5) is 0 Å². The van der Waals surface area contributed by atoms with E-state index in [0.29, 0.717) is 5.02 Å². The molecule has 0 saturated carbocycles. The first-order valence-corrected chi connectivity index (χ1v) is 3.31. The van der Waals surface area contributed by atoms with E-state index in [1.165, 1.54) is 0 Å². The highest BCUT2D eigenvalue weighted by molar-refractivity contribution is 6.30. The van der Waals surface area contributed by atoms with Gasteiger partial charge >= 0.3 is 0 Å². The Hall–Kier alpha value is -0.500. The molecule has 1 heterocycles. The standard InChI is InChI=1S/C6H8ClN2/c1-2-3-9-5-6(7)4-8-9/h4H,2-3H2,1H3. The van der Waals surface area contributed by atoms with Gasteiger partial charge in [-0.25, -0.2) is 0 Å². The van der Waals surface area contributed by atoms with Crippen LogP contribution in [0.2, 0.25) is 5.02 Å². The van der Waals surface area contributed by atoms with Gasteiger partial charge in [-0.1, -0.05) is 18.5 Å². The molecule has 1 aromatic rings. The van der Waals surface area contributed by atoms with E-state index in [4.69, 9.17) is 11.6 Å². The molecule has 0 saturated heterocycles. The Morgan fingerprint density at radius 3 is 3.11 bits per heavy atom. The molecule has 0 fully saturated rings. The van der Waals surface area contributed by atoms with Crippen LogP contribution in [0.25, 0.3) is 0 Å². The number of hydrogen-bond acceptors (Lipinski definition) is 1. The van der Waals surface area contributed by atoms with E-state index in [2.05, 4.69) is 18.2 Å². The predicted molar refractivity (Wildman–Crippen MR) is 36.4 cm³/mol. The van der Waals surface area contributed by atoms with Crippen LogP contribution in [0.5, 0.6) is 0 Å². The molecule has 9 heavy (non-hydrogen) atoms. The minimum absolute atomic E-state index is 0.587. The summed E-state index contributed by atoms with van der Waals surface area (Å²) < 4.78 is 1.71. The van der Waals surface area contributed by atoms with Gasteiger partial charge in [0.05, 0.1) is 11.2 Å². The lowest BCUT2D eigenvalue weighted by molar-refractivity contribution is 0.599. The van der Waals surface area contributed by atoms with Crippen molar-refractivity contribution in [2.45, 2.75) is 19.9 Å². The second-order valence-corrected chi connectivity index (χ2v) is 2.23. The average Bonchev–Trinajstić information content (AvgIpc) is 2.17. The molecule has 3 heteroatoms. The van der Waals surface area contributed by atoms with Crippen LogP contribution < -0.4 is 0 Å². The van der Waals surface area contributed by atoms with Crippen molar-refractivity contribution >= 4 is 11.6 Å². The zero-order chi connectivity index (χ0) is 6.69. The first kappa shape index (κ1) is 6.62. The Morgan fingerprint density at radius 1 is 1.89 bits per heavy atom. The Morgan fingerprint density at radius 2 is 2.67 bits per heavy atom. The van der Waals surface area contributed by atoms with Crippen molar-refractivity contribution in [1.29, 1.82) is 0 Å². The highest BCUT2D eigenvalue weighted by atomic mass is 35.5. The molecule has 0 bridgehead atoms. The maximum Gasteiger partial charge on any atom is 0.106 e. The fourth-order valence-corrected chi connectivity index (χ4v) is 0.768. The second-order valence-electron chi connectivity index (χ2n) is 1.83. The van der Waals surface area contributed by atoms with E-state index in [1.54, 1.807) is 10.9 Å². The largest absolute Gasteiger partial charge is 0.262 e. The van der Waals surface area contributed by atoms with Crippen molar-refractivity contribution in [2.75, 3.05) is 0 Å². The van der Waals surface area contributed by atoms with E-state index in [0.717, 1.165) is 13.0 Å². The minimum atomic E-state index is 0.587. The smallest absolute Gasteiger partial charge is 0.106 e. The van der Waals surface area contributed by atoms with Crippen LogP contribution in [0, 0.1) is 6.20 Å². The maximum atomic E-state index is 5.56. The fraction of sp³-hybridized carbons (Fsp3) is 0.500. The summed E-state index contributed by atoms with van der Waals surface area (Å²) in [5.74, 6) is 0. The molecule has 0 amide bonds. The van der Waals surface area contributed by atoms with Crippen LogP contribution in [-0.2, 0) is 6.54 Å². The van der Waals surface area contributed by atoms with Crippen molar-refractivity contribution in [3.63, 3.8) is 0 Å². The Kier molecular flexibility index (Phi) is 2.11. The molecule has 0 aromatic carbocycles. The van der Waals surface area contributed by atoms with Crippen LogP contribution in [0.1, 0.15) is 13.3 Å². The van der Waals surface area contributed by atoms with Gasteiger partial charge in [-0.2, -0.15) is 5.10 Å². The molecule has 1 radical (unpaired) electrons. The second kappa shape index (κ2) is 2.87. The summed E-state index contributed by atoms with van der Waals surface area (Å²) in [6, 6.07) is 0. The van der Waals surface area contributed by atoms with Gasteiger partial charge in [-0.15, -0.1) is 0 Å². The quantitative estimate of drug-likeness (QED) is 0.617. The van der Waals surface area contributed by atoms with Crippen molar-refractivity contribution < 1.29 is 0 Å². The van der Waals surface area contributed by atoms with Crippen LogP contribution in [0.15, 0.2) is 6.20 Å². The van der Waals surface area contributed by atoms with Crippen molar-refractivity contribution in [1.82, 2.24) is 9.78 Å². The van der Waals surface area contributed by atoms with Crippen molar-refractivity contribution in [3.8, 4) is 0 Å².